The van der Waals surface area contributed by atoms with Gasteiger partial charge in [-0.1, -0.05) is 23.8 Å². The molecule has 0 saturated carbocycles. The topological polar surface area (TPSA) is 80.0 Å². The summed E-state index contributed by atoms with van der Waals surface area (Å²) < 4.78 is 11.3. The fourth-order valence-corrected chi connectivity index (χ4v) is 4.06. The monoisotopic (exact) mass is 445 g/mol. The molecule has 2 aromatic carbocycles. The first-order chi connectivity index (χ1) is 15.8. The van der Waals surface area contributed by atoms with E-state index in [9.17, 15) is 14.7 Å². The minimum Gasteiger partial charge on any atom is -0.507 e. The minimum atomic E-state index is -0.827. The van der Waals surface area contributed by atoms with E-state index in [1.807, 2.05) is 45.9 Å². The molecule has 1 unspecified atom stereocenters. The van der Waals surface area contributed by atoms with E-state index in [1.165, 1.54) is 11.2 Å². The van der Waals surface area contributed by atoms with Gasteiger partial charge in [0, 0.05) is 12.1 Å². The van der Waals surface area contributed by atoms with Crippen molar-refractivity contribution in [3.8, 4) is 5.75 Å². The third-order valence-electron chi connectivity index (χ3n) is 5.70. The van der Waals surface area contributed by atoms with Crippen molar-refractivity contribution in [1.82, 2.24) is 4.90 Å². The highest BCUT2D eigenvalue weighted by Gasteiger charge is 2.47. The van der Waals surface area contributed by atoms with Crippen LogP contribution >= 0.6 is 0 Å². The molecule has 0 spiro atoms. The fourth-order valence-electron chi connectivity index (χ4n) is 4.06. The standard InChI is InChI=1S/C27H27NO5/c1-16(2)33-21-11-9-19(10-12-21)25(29)23-24(22-6-5-13-32-22)28(27(31)26(23)30)15-20-14-17(3)7-8-18(20)4/h5-14,16,24,29H,15H2,1-4H3/b25-23-. The Kier molecular flexibility index (Phi) is 6.09. The maximum Gasteiger partial charge on any atom is 0.296 e. The lowest BCUT2D eigenvalue weighted by molar-refractivity contribution is -0.140. The second kappa shape index (κ2) is 8.98. The summed E-state index contributed by atoms with van der Waals surface area (Å²) in [5.74, 6) is -0.574. The summed E-state index contributed by atoms with van der Waals surface area (Å²) in [5, 5.41) is 11.1. The Bertz CT molecular complexity index is 1210. The largest absolute Gasteiger partial charge is 0.507 e. The summed E-state index contributed by atoms with van der Waals surface area (Å²) in [4.78, 5) is 27.7. The van der Waals surface area contributed by atoms with E-state index in [1.54, 1.807) is 36.4 Å². The molecule has 33 heavy (non-hydrogen) atoms. The number of aliphatic hydroxyl groups excluding tert-OH is 1. The van der Waals surface area contributed by atoms with Crippen LogP contribution in [0.5, 0.6) is 5.75 Å². The molecule has 0 radical (unpaired) electrons. The van der Waals surface area contributed by atoms with Crippen molar-refractivity contribution in [3.05, 3.63) is 94.4 Å². The molecular formula is C27H27NO5. The highest BCUT2D eigenvalue weighted by atomic mass is 16.5. The average molecular weight is 446 g/mol. The van der Waals surface area contributed by atoms with Crippen molar-refractivity contribution in [3.63, 3.8) is 0 Å². The molecule has 170 valence electrons. The zero-order chi connectivity index (χ0) is 23.7. The molecular weight excluding hydrogens is 418 g/mol. The highest BCUT2D eigenvalue weighted by molar-refractivity contribution is 6.46. The van der Waals surface area contributed by atoms with Gasteiger partial charge in [0.1, 0.15) is 23.3 Å². The molecule has 3 aromatic rings. The quantitative estimate of drug-likeness (QED) is 0.316. The number of hydrogen-bond donors (Lipinski definition) is 1. The number of ether oxygens (including phenoxy) is 1. The number of aliphatic hydroxyl groups is 1. The SMILES string of the molecule is Cc1ccc(C)c(CN2C(=O)C(=O)/C(=C(\O)c3ccc(OC(C)C)cc3)C2c2ccco2)c1. The molecule has 6 nitrogen and oxygen atoms in total. The Labute approximate surface area is 193 Å². The Balaban J connectivity index is 1.77. The number of hydrogen-bond acceptors (Lipinski definition) is 5. The molecule has 0 aliphatic carbocycles. The van der Waals surface area contributed by atoms with Gasteiger partial charge in [0.15, 0.2) is 0 Å². The Morgan fingerprint density at radius 3 is 2.45 bits per heavy atom. The zero-order valence-corrected chi connectivity index (χ0v) is 19.2. The Morgan fingerprint density at radius 1 is 1.09 bits per heavy atom. The summed E-state index contributed by atoms with van der Waals surface area (Å²) in [6.45, 7) is 8.02. The molecule has 1 amide bonds. The summed E-state index contributed by atoms with van der Waals surface area (Å²) in [6.07, 6.45) is 1.50. The van der Waals surface area contributed by atoms with Crippen LogP contribution in [0.2, 0.25) is 0 Å². The summed E-state index contributed by atoms with van der Waals surface area (Å²) in [7, 11) is 0. The number of aryl methyl sites for hydroxylation is 2. The molecule has 1 atom stereocenters. The number of carbonyl (C=O) groups is 2. The summed E-state index contributed by atoms with van der Waals surface area (Å²) in [6, 6.07) is 15.4. The summed E-state index contributed by atoms with van der Waals surface area (Å²) in [5.41, 5.74) is 3.45. The van der Waals surface area contributed by atoms with Gasteiger partial charge in [0.2, 0.25) is 0 Å². The van der Waals surface area contributed by atoms with Gasteiger partial charge >= 0.3 is 0 Å². The van der Waals surface area contributed by atoms with Crippen molar-refractivity contribution in [2.45, 2.75) is 46.4 Å². The minimum absolute atomic E-state index is 0.0118. The molecule has 4 rings (SSSR count). The van der Waals surface area contributed by atoms with Gasteiger partial charge in [-0.15, -0.1) is 0 Å². The van der Waals surface area contributed by atoms with E-state index >= 15 is 0 Å². The van der Waals surface area contributed by atoms with Crippen LogP contribution in [0.1, 0.15) is 47.9 Å². The first-order valence-electron chi connectivity index (χ1n) is 10.9. The molecule has 1 aromatic heterocycles. The Morgan fingerprint density at radius 2 is 1.82 bits per heavy atom. The third kappa shape index (κ3) is 4.42. The maximum absolute atomic E-state index is 13.1. The highest BCUT2D eigenvalue weighted by Crippen LogP contribution is 2.40. The van der Waals surface area contributed by atoms with Crippen LogP contribution in [-0.4, -0.2) is 27.8 Å². The second-order valence-corrected chi connectivity index (χ2v) is 8.56. The predicted molar refractivity (Wildman–Crippen MR) is 125 cm³/mol. The van der Waals surface area contributed by atoms with E-state index in [4.69, 9.17) is 9.15 Å². The number of likely N-dealkylation sites (tertiary alicyclic amines) is 1. The smallest absolute Gasteiger partial charge is 0.296 e. The molecule has 1 aliphatic heterocycles. The lowest BCUT2D eigenvalue weighted by Crippen LogP contribution is -2.29. The van der Waals surface area contributed by atoms with Gasteiger partial charge in [-0.25, -0.2) is 0 Å². The molecule has 1 saturated heterocycles. The molecule has 6 heteroatoms. The van der Waals surface area contributed by atoms with E-state index < -0.39 is 17.7 Å². The van der Waals surface area contributed by atoms with Crippen LogP contribution in [-0.2, 0) is 16.1 Å². The van der Waals surface area contributed by atoms with E-state index in [0.717, 1.165) is 16.7 Å². The van der Waals surface area contributed by atoms with Gasteiger partial charge in [0.05, 0.1) is 17.9 Å². The maximum atomic E-state index is 13.1. The van der Waals surface area contributed by atoms with Crippen LogP contribution in [0.25, 0.3) is 5.76 Å². The zero-order valence-electron chi connectivity index (χ0n) is 19.2. The normalized spacial score (nSPS) is 17.7. The van der Waals surface area contributed by atoms with Crippen molar-refractivity contribution in [1.29, 1.82) is 0 Å². The number of nitrogens with zero attached hydrogens (tertiary/aromatic N) is 1. The number of rotatable bonds is 6. The molecule has 2 heterocycles. The number of amides is 1. The Hall–Kier alpha value is -3.80. The first-order valence-corrected chi connectivity index (χ1v) is 10.9. The lowest BCUT2D eigenvalue weighted by atomic mass is 9.98. The predicted octanol–water partition coefficient (Wildman–Crippen LogP) is 5.31. The van der Waals surface area contributed by atoms with Gasteiger partial charge in [-0.2, -0.15) is 0 Å². The number of ketones is 1. The van der Waals surface area contributed by atoms with Crippen LogP contribution in [0, 0.1) is 13.8 Å². The number of Topliss-reactive ketones (excluding diaryl/α,β-unsaturated/α-hetero) is 1. The fraction of sp³-hybridized carbons (Fsp3) is 0.259. The van der Waals surface area contributed by atoms with Gasteiger partial charge in [0.25, 0.3) is 11.7 Å². The van der Waals surface area contributed by atoms with E-state index in [0.29, 0.717) is 17.1 Å². The second-order valence-electron chi connectivity index (χ2n) is 8.56. The lowest BCUT2D eigenvalue weighted by Gasteiger charge is -2.24. The van der Waals surface area contributed by atoms with Crippen molar-refractivity contribution >= 4 is 17.4 Å². The van der Waals surface area contributed by atoms with Crippen LogP contribution < -0.4 is 4.74 Å². The molecule has 1 N–H and O–H groups in total. The van der Waals surface area contributed by atoms with Crippen molar-refractivity contribution in [2.75, 3.05) is 0 Å². The van der Waals surface area contributed by atoms with Crippen LogP contribution in [0.4, 0.5) is 0 Å². The van der Waals surface area contributed by atoms with E-state index in [2.05, 4.69) is 0 Å². The van der Waals surface area contributed by atoms with Crippen LogP contribution in [0.3, 0.4) is 0 Å². The van der Waals surface area contributed by atoms with E-state index in [-0.39, 0.29) is 24.0 Å². The van der Waals surface area contributed by atoms with Gasteiger partial charge < -0.3 is 19.2 Å². The molecule has 1 fully saturated rings. The van der Waals surface area contributed by atoms with Crippen LogP contribution in [0.15, 0.2) is 70.9 Å². The average Bonchev–Trinajstić information content (AvgIpc) is 3.39. The number of furan rings is 1. The molecule has 1 aliphatic rings. The van der Waals surface area contributed by atoms with Gasteiger partial charge in [-0.05, 0) is 75.2 Å². The third-order valence-corrected chi connectivity index (χ3v) is 5.70. The first kappa shape index (κ1) is 22.4. The van der Waals surface area contributed by atoms with Gasteiger partial charge in [-0.3, -0.25) is 9.59 Å². The number of carbonyl (C=O) groups excluding carboxylic acids is 2. The number of benzene rings is 2. The van der Waals surface area contributed by atoms with Crippen molar-refractivity contribution < 1.29 is 23.8 Å². The molecule has 0 bridgehead atoms. The summed E-state index contributed by atoms with van der Waals surface area (Å²) >= 11 is 0. The van der Waals surface area contributed by atoms with Crippen molar-refractivity contribution in [2.24, 2.45) is 0 Å².